The van der Waals surface area contributed by atoms with E-state index in [-0.39, 0.29) is 5.02 Å². The minimum atomic E-state index is -0.498. The monoisotopic (exact) mass is 279 g/mol. The summed E-state index contributed by atoms with van der Waals surface area (Å²) in [5.74, 6) is -0.0830. The van der Waals surface area contributed by atoms with Gasteiger partial charge in [-0.1, -0.05) is 11.6 Å². The predicted molar refractivity (Wildman–Crippen MR) is 68.3 cm³/mol. The standard InChI is InChI=1S/C11H7ClFN5O/c12-7-5-6(1-2-8(7)13)14-9-3-4-10-15-16-11(19)18(10)17-9/h1-5H,(H,14,17)(H,16,19). The second-order valence-electron chi connectivity index (χ2n) is 3.77. The van der Waals surface area contributed by atoms with Crippen molar-refractivity contribution in [3.05, 3.63) is 51.7 Å². The summed E-state index contributed by atoms with van der Waals surface area (Å²) in [5, 5.41) is 13.0. The van der Waals surface area contributed by atoms with Crippen molar-refractivity contribution in [1.82, 2.24) is 19.8 Å². The molecule has 0 unspecified atom stereocenters. The number of anilines is 2. The van der Waals surface area contributed by atoms with Crippen LogP contribution in [0.4, 0.5) is 15.9 Å². The highest BCUT2D eigenvalue weighted by molar-refractivity contribution is 6.31. The number of rotatable bonds is 2. The van der Waals surface area contributed by atoms with Gasteiger partial charge >= 0.3 is 5.69 Å². The fraction of sp³-hybridized carbons (Fsp3) is 0. The third kappa shape index (κ3) is 2.15. The molecule has 0 saturated carbocycles. The van der Waals surface area contributed by atoms with Crippen molar-refractivity contribution >= 4 is 28.8 Å². The van der Waals surface area contributed by atoms with Gasteiger partial charge in [-0.05, 0) is 30.3 Å². The average molecular weight is 280 g/mol. The number of nitrogens with zero attached hydrogens (tertiary/aromatic N) is 3. The van der Waals surface area contributed by atoms with E-state index < -0.39 is 11.5 Å². The van der Waals surface area contributed by atoms with E-state index in [2.05, 4.69) is 20.6 Å². The maximum Gasteiger partial charge on any atom is 0.364 e. The van der Waals surface area contributed by atoms with Gasteiger partial charge in [0.25, 0.3) is 0 Å². The third-order valence-corrected chi connectivity index (χ3v) is 2.76. The Bertz CT molecular complexity index is 812. The quantitative estimate of drug-likeness (QED) is 0.752. The molecule has 0 saturated heterocycles. The van der Waals surface area contributed by atoms with Gasteiger partial charge in [-0.3, -0.25) is 0 Å². The minimum absolute atomic E-state index is 0.00607. The Labute approximate surface area is 110 Å². The molecule has 0 fully saturated rings. The summed E-state index contributed by atoms with van der Waals surface area (Å²) >= 11 is 5.68. The van der Waals surface area contributed by atoms with Gasteiger partial charge in [0.1, 0.15) is 5.82 Å². The van der Waals surface area contributed by atoms with Gasteiger partial charge in [0.15, 0.2) is 11.5 Å². The van der Waals surface area contributed by atoms with E-state index in [1.807, 2.05) is 0 Å². The summed E-state index contributed by atoms with van der Waals surface area (Å²) in [4.78, 5) is 11.4. The molecule has 0 amide bonds. The van der Waals surface area contributed by atoms with Gasteiger partial charge in [-0.15, -0.1) is 5.10 Å². The van der Waals surface area contributed by atoms with Crippen LogP contribution in [0.25, 0.3) is 5.65 Å². The number of H-pyrrole nitrogens is 1. The molecule has 0 aliphatic carbocycles. The van der Waals surface area contributed by atoms with Crippen LogP contribution in [0.5, 0.6) is 0 Å². The number of hydrogen-bond donors (Lipinski definition) is 2. The Hall–Kier alpha value is -2.41. The van der Waals surface area contributed by atoms with Gasteiger partial charge in [0.05, 0.1) is 5.02 Å². The molecule has 0 spiro atoms. The first kappa shape index (κ1) is 11.7. The lowest BCUT2D eigenvalue weighted by Gasteiger charge is -2.05. The molecule has 0 radical (unpaired) electrons. The van der Waals surface area contributed by atoms with Crippen LogP contribution in [-0.2, 0) is 0 Å². The first-order valence-electron chi connectivity index (χ1n) is 5.30. The zero-order valence-electron chi connectivity index (χ0n) is 9.39. The maximum atomic E-state index is 13.0. The Morgan fingerprint density at radius 2 is 2.16 bits per heavy atom. The van der Waals surface area contributed by atoms with E-state index in [9.17, 15) is 9.18 Å². The summed E-state index contributed by atoms with van der Waals surface area (Å²) in [7, 11) is 0. The Balaban J connectivity index is 1.98. The van der Waals surface area contributed by atoms with E-state index in [1.54, 1.807) is 12.1 Å². The smallest absolute Gasteiger partial charge is 0.339 e. The molecule has 2 aromatic heterocycles. The molecule has 0 atom stereocenters. The van der Waals surface area contributed by atoms with Crippen LogP contribution in [0.15, 0.2) is 35.1 Å². The molecule has 3 aromatic rings. The first-order chi connectivity index (χ1) is 9.13. The molecule has 0 aliphatic rings. The van der Waals surface area contributed by atoms with Crippen LogP contribution in [0, 0.1) is 5.82 Å². The Morgan fingerprint density at radius 3 is 2.95 bits per heavy atom. The summed E-state index contributed by atoms with van der Waals surface area (Å²) in [6, 6.07) is 7.46. The summed E-state index contributed by atoms with van der Waals surface area (Å²) in [5.41, 5.74) is 0.540. The molecule has 19 heavy (non-hydrogen) atoms. The van der Waals surface area contributed by atoms with E-state index in [4.69, 9.17) is 11.6 Å². The largest absolute Gasteiger partial charge is 0.364 e. The molecule has 3 rings (SSSR count). The van der Waals surface area contributed by atoms with Crippen LogP contribution in [0.3, 0.4) is 0 Å². The average Bonchev–Trinajstić information content (AvgIpc) is 2.76. The van der Waals surface area contributed by atoms with Crippen molar-refractivity contribution in [2.75, 3.05) is 5.32 Å². The molecule has 2 heterocycles. The van der Waals surface area contributed by atoms with E-state index in [0.717, 1.165) is 4.52 Å². The molecule has 96 valence electrons. The third-order valence-electron chi connectivity index (χ3n) is 2.47. The lowest BCUT2D eigenvalue weighted by molar-refractivity contribution is 0.628. The molecule has 2 N–H and O–H groups in total. The van der Waals surface area contributed by atoms with E-state index in [0.29, 0.717) is 17.2 Å². The van der Waals surface area contributed by atoms with Crippen molar-refractivity contribution in [3.8, 4) is 0 Å². The van der Waals surface area contributed by atoms with Crippen molar-refractivity contribution in [2.24, 2.45) is 0 Å². The number of nitrogens with one attached hydrogen (secondary N) is 2. The fourth-order valence-electron chi connectivity index (χ4n) is 1.59. The number of aromatic nitrogens is 4. The van der Waals surface area contributed by atoms with Crippen molar-refractivity contribution < 1.29 is 4.39 Å². The molecule has 6 nitrogen and oxygen atoms in total. The number of benzene rings is 1. The lowest BCUT2D eigenvalue weighted by Crippen LogP contribution is -2.13. The molecular formula is C11H7ClFN5O. The summed E-state index contributed by atoms with van der Waals surface area (Å²) in [6.07, 6.45) is 0. The highest BCUT2D eigenvalue weighted by Crippen LogP contribution is 2.21. The lowest BCUT2D eigenvalue weighted by atomic mass is 10.3. The van der Waals surface area contributed by atoms with Crippen LogP contribution in [0.1, 0.15) is 0 Å². The number of halogens is 2. The number of aromatic amines is 1. The summed E-state index contributed by atoms with van der Waals surface area (Å²) in [6.45, 7) is 0. The summed E-state index contributed by atoms with van der Waals surface area (Å²) < 4.78 is 14.1. The molecule has 8 heteroatoms. The minimum Gasteiger partial charge on any atom is -0.339 e. The molecule has 0 bridgehead atoms. The molecule has 1 aromatic carbocycles. The van der Waals surface area contributed by atoms with Crippen molar-refractivity contribution in [3.63, 3.8) is 0 Å². The molecule has 0 aliphatic heterocycles. The number of fused-ring (bicyclic) bond motifs is 1. The zero-order valence-corrected chi connectivity index (χ0v) is 10.1. The SMILES string of the molecule is O=c1[nH]nc2ccc(Nc3ccc(F)c(Cl)c3)nn12. The van der Waals surface area contributed by atoms with Crippen LogP contribution in [0.2, 0.25) is 5.02 Å². The second-order valence-corrected chi connectivity index (χ2v) is 4.18. The Kier molecular flexibility index (Phi) is 2.68. The van der Waals surface area contributed by atoms with Gasteiger partial charge in [-0.2, -0.15) is 9.61 Å². The van der Waals surface area contributed by atoms with Gasteiger partial charge in [-0.25, -0.2) is 14.3 Å². The predicted octanol–water partition coefficient (Wildman–Crippen LogP) is 1.95. The molecular weight excluding hydrogens is 273 g/mol. The maximum absolute atomic E-state index is 13.0. The normalized spacial score (nSPS) is 10.8. The fourth-order valence-corrected chi connectivity index (χ4v) is 1.77. The van der Waals surface area contributed by atoms with Crippen LogP contribution >= 0.6 is 11.6 Å². The zero-order chi connectivity index (χ0) is 13.4. The van der Waals surface area contributed by atoms with Gasteiger partial charge < -0.3 is 5.32 Å². The second kappa shape index (κ2) is 4.36. The first-order valence-corrected chi connectivity index (χ1v) is 5.68. The topological polar surface area (TPSA) is 75.1 Å². The van der Waals surface area contributed by atoms with Gasteiger partial charge in [0, 0.05) is 5.69 Å². The highest BCUT2D eigenvalue weighted by Gasteiger charge is 2.05. The Morgan fingerprint density at radius 1 is 1.32 bits per heavy atom. The van der Waals surface area contributed by atoms with E-state index >= 15 is 0 Å². The number of hydrogen-bond acceptors (Lipinski definition) is 4. The van der Waals surface area contributed by atoms with Crippen LogP contribution in [-0.4, -0.2) is 19.8 Å². The van der Waals surface area contributed by atoms with Crippen LogP contribution < -0.4 is 11.0 Å². The van der Waals surface area contributed by atoms with Crippen molar-refractivity contribution in [1.29, 1.82) is 0 Å². The van der Waals surface area contributed by atoms with Gasteiger partial charge in [0.2, 0.25) is 0 Å². The highest BCUT2D eigenvalue weighted by atomic mass is 35.5. The van der Waals surface area contributed by atoms with Crippen molar-refractivity contribution in [2.45, 2.75) is 0 Å². The van der Waals surface area contributed by atoms with E-state index in [1.165, 1.54) is 18.2 Å².